The molecule has 1 aromatic rings. The van der Waals surface area contributed by atoms with E-state index in [2.05, 4.69) is 5.32 Å². The molecular weight excluding hydrogens is 303 g/mol. The van der Waals surface area contributed by atoms with E-state index < -0.39 is 0 Å². The summed E-state index contributed by atoms with van der Waals surface area (Å²) in [6.45, 7) is 5.61. The molecule has 2 aliphatic rings. The van der Waals surface area contributed by atoms with Crippen LogP contribution in [0.15, 0.2) is 18.2 Å². The predicted molar refractivity (Wildman–Crippen MR) is 88.1 cm³/mol. The number of carbonyl (C=O) groups excluding carboxylic acids is 1. The lowest BCUT2D eigenvalue weighted by molar-refractivity contribution is 0.0495. The number of carbonyl (C=O) groups is 1. The van der Waals surface area contributed by atoms with Crippen LogP contribution in [0.25, 0.3) is 0 Å². The second-order valence-corrected chi connectivity index (χ2v) is 6.56. The van der Waals surface area contributed by atoms with Crippen LogP contribution >= 0.6 is 12.4 Å². The van der Waals surface area contributed by atoms with Crippen molar-refractivity contribution in [2.45, 2.75) is 32.6 Å². The molecule has 2 aliphatic heterocycles. The molecule has 1 aromatic carbocycles. The van der Waals surface area contributed by atoms with Gasteiger partial charge in [-0.15, -0.1) is 12.4 Å². The normalized spacial score (nSPS) is 20.5. The number of aryl methyl sites for hydroxylation is 1. The van der Waals surface area contributed by atoms with E-state index in [0.717, 1.165) is 44.6 Å². The van der Waals surface area contributed by atoms with Crippen molar-refractivity contribution in [1.29, 1.82) is 0 Å². The van der Waals surface area contributed by atoms with Crippen LogP contribution in [0, 0.1) is 18.2 Å². The summed E-state index contributed by atoms with van der Waals surface area (Å²) in [5.74, 6) is -0.355. The Kier molecular flexibility index (Phi) is 5.45. The van der Waals surface area contributed by atoms with Crippen molar-refractivity contribution < 1.29 is 9.18 Å². The summed E-state index contributed by atoms with van der Waals surface area (Å²) in [6.07, 6.45) is 4.59. The number of amides is 1. The van der Waals surface area contributed by atoms with E-state index >= 15 is 0 Å². The second-order valence-electron chi connectivity index (χ2n) is 6.56. The highest BCUT2D eigenvalue weighted by Gasteiger charge is 2.36. The van der Waals surface area contributed by atoms with E-state index in [4.69, 9.17) is 0 Å². The van der Waals surface area contributed by atoms with Crippen LogP contribution in [0.5, 0.6) is 0 Å². The Morgan fingerprint density at radius 2 is 1.77 bits per heavy atom. The number of rotatable bonds is 1. The Morgan fingerprint density at radius 3 is 2.36 bits per heavy atom. The number of piperidine rings is 2. The van der Waals surface area contributed by atoms with Gasteiger partial charge in [0.25, 0.3) is 5.91 Å². The Bertz CT molecular complexity index is 513. The van der Waals surface area contributed by atoms with Gasteiger partial charge in [0, 0.05) is 18.7 Å². The molecule has 3 rings (SSSR count). The molecule has 1 amide bonds. The monoisotopic (exact) mass is 326 g/mol. The van der Waals surface area contributed by atoms with Crippen molar-refractivity contribution in [3.8, 4) is 0 Å². The second kappa shape index (κ2) is 6.97. The van der Waals surface area contributed by atoms with Crippen molar-refractivity contribution in [2.75, 3.05) is 26.2 Å². The van der Waals surface area contributed by atoms with Crippen molar-refractivity contribution in [2.24, 2.45) is 5.41 Å². The van der Waals surface area contributed by atoms with Crippen LogP contribution < -0.4 is 5.32 Å². The lowest BCUT2D eigenvalue weighted by atomic mass is 9.71. The molecule has 0 bridgehead atoms. The minimum Gasteiger partial charge on any atom is -0.339 e. The average Bonchev–Trinajstić information content (AvgIpc) is 2.47. The van der Waals surface area contributed by atoms with Crippen molar-refractivity contribution >= 4 is 18.3 Å². The summed E-state index contributed by atoms with van der Waals surface area (Å²) < 4.78 is 13.5. The van der Waals surface area contributed by atoms with E-state index in [-0.39, 0.29) is 24.1 Å². The molecule has 2 fully saturated rings. The standard InChI is InChI=1S/C17H23FN2O.ClH/c1-13-10-14(12-15(18)11-13)16(21)20-8-4-17(5-9-20)2-6-19-7-3-17;/h10-12,19H,2-9H2,1H3;1H. The number of halogens is 2. The fraction of sp³-hybridized carbons (Fsp3) is 0.588. The molecule has 122 valence electrons. The van der Waals surface area contributed by atoms with Gasteiger partial charge in [-0.05, 0) is 74.9 Å². The van der Waals surface area contributed by atoms with Crippen LogP contribution in [0.4, 0.5) is 4.39 Å². The molecule has 1 N–H and O–H groups in total. The molecule has 2 heterocycles. The first-order valence-corrected chi connectivity index (χ1v) is 7.85. The number of nitrogens with one attached hydrogen (secondary N) is 1. The van der Waals surface area contributed by atoms with Crippen LogP contribution in [0.2, 0.25) is 0 Å². The summed E-state index contributed by atoms with van der Waals surface area (Å²) >= 11 is 0. The van der Waals surface area contributed by atoms with Gasteiger partial charge in [-0.1, -0.05) is 0 Å². The first kappa shape index (κ1) is 17.2. The maximum Gasteiger partial charge on any atom is 0.253 e. The van der Waals surface area contributed by atoms with Gasteiger partial charge in [0.1, 0.15) is 5.82 Å². The number of nitrogens with zero attached hydrogens (tertiary/aromatic N) is 1. The van der Waals surface area contributed by atoms with Crippen LogP contribution in [-0.4, -0.2) is 37.0 Å². The highest BCUT2D eigenvalue weighted by Crippen LogP contribution is 2.39. The van der Waals surface area contributed by atoms with Crippen LogP contribution in [0.3, 0.4) is 0 Å². The molecule has 1 spiro atoms. The van der Waals surface area contributed by atoms with Gasteiger partial charge in [-0.3, -0.25) is 4.79 Å². The predicted octanol–water partition coefficient (Wildman–Crippen LogP) is 3.16. The fourth-order valence-corrected chi connectivity index (χ4v) is 3.68. The Hall–Kier alpha value is -1.13. The Balaban J connectivity index is 0.00000176. The molecule has 22 heavy (non-hydrogen) atoms. The zero-order valence-electron chi connectivity index (χ0n) is 13.0. The van der Waals surface area contributed by atoms with Gasteiger partial charge >= 0.3 is 0 Å². The first-order valence-electron chi connectivity index (χ1n) is 7.85. The number of benzene rings is 1. The van der Waals surface area contributed by atoms with E-state index in [1.807, 2.05) is 11.8 Å². The van der Waals surface area contributed by atoms with E-state index in [9.17, 15) is 9.18 Å². The molecular formula is C17H24ClFN2O. The van der Waals surface area contributed by atoms with Gasteiger partial charge in [-0.25, -0.2) is 4.39 Å². The van der Waals surface area contributed by atoms with Crippen LogP contribution in [-0.2, 0) is 0 Å². The minimum atomic E-state index is -0.329. The highest BCUT2D eigenvalue weighted by atomic mass is 35.5. The third kappa shape index (κ3) is 3.61. The summed E-state index contributed by atoms with van der Waals surface area (Å²) in [5, 5.41) is 3.41. The molecule has 0 aromatic heterocycles. The summed E-state index contributed by atoms with van der Waals surface area (Å²) in [6, 6.07) is 4.58. The SMILES string of the molecule is Cc1cc(F)cc(C(=O)N2CCC3(CCNCC3)CC2)c1.Cl. The van der Waals surface area contributed by atoms with E-state index in [0.29, 0.717) is 11.0 Å². The average molecular weight is 327 g/mol. The van der Waals surface area contributed by atoms with Gasteiger partial charge < -0.3 is 10.2 Å². The lowest BCUT2D eigenvalue weighted by Gasteiger charge is -2.44. The maximum atomic E-state index is 13.5. The summed E-state index contributed by atoms with van der Waals surface area (Å²) in [4.78, 5) is 14.4. The first-order chi connectivity index (χ1) is 10.1. The largest absolute Gasteiger partial charge is 0.339 e. The highest BCUT2D eigenvalue weighted by molar-refractivity contribution is 5.94. The van der Waals surface area contributed by atoms with Crippen LogP contribution in [0.1, 0.15) is 41.6 Å². The maximum absolute atomic E-state index is 13.5. The molecule has 3 nitrogen and oxygen atoms in total. The summed E-state index contributed by atoms with van der Waals surface area (Å²) in [7, 11) is 0. The fourth-order valence-electron chi connectivity index (χ4n) is 3.68. The van der Waals surface area contributed by atoms with Gasteiger partial charge in [0.15, 0.2) is 0 Å². The molecule has 0 atom stereocenters. The number of hydrogen-bond donors (Lipinski definition) is 1. The zero-order chi connectivity index (χ0) is 14.9. The number of hydrogen-bond acceptors (Lipinski definition) is 2. The Morgan fingerprint density at radius 1 is 1.14 bits per heavy atom. The summed E-state index contributed by atoms with van der Waals surface area (Å²) in [5.41, 5.74) is 1.71. The van der Waals surface area contributed by atoms with Gasteiger partial charge in [0.2, 0.25) is 0 Å². The third-order valence-corrected chi connectivity index (χ3v) is 5.06. The molecule has 5 heteroatoms. The zero-order valence-corrected chi connectivity index (χ0v) is 13.8. The molecule has 0 radical (unpaired) electrons. The van der Waals surface area contributed by atoms with Crippen molar-refractivity contribution in [3.63, 3.8) is 0 Å². The Labute approximate surface area is 137 Å². The van der Waals surface area contributed by atoms with Crippen molar-refractivity contribution in [1.82, 2.24) is 10.2 Å². The molecule has 0 saturated carbocycles. The van der Waals surface area contributed by atoms with Gasteiger partial charge in [0.05, 0.1) is 0 Å². The topological polar surface area (TPSA) is 32.3 Å². The van der Waals surface area contributed by atoms with E-state index in [1.165, 1.54) is 25.0 Å². The smallest absolute Gasteiger partial charge is 0.253 e. The van der Waals surface area contributed by atoms with E-state index in [1.54, 1.807) is 6.07 Å². The molecule has 2 saturated heterocycles. The molecule has 0 aliphatic carbocycles. The minimum absolute atomic E-state index is 0. The van der Waals surface area contributed by atoms with Crippen molar-refractivity contribution in [3.05, 3.63) is 35.1 Å². The lowest BCUT2D eigenvalue weighted by Crippen LogP contribution is -2.47. The number of likely N-dealkylation sites (tertiary alicyclic amines) is 1. The van der Waals surface area contributed by atoms with Gasteiger partial charge in [-0.2, -0.15) is 0 Å². The third-order valence-electron chi connectivity index (χ3n) is 5.06. The quantitative estimate of drug-likeness (QED) is 0.859. The molecule has 0 unspecified atom stereocenters.